The number of nitrogens with zero attached hydrogens (tertiary/aromatic N) is 2. The molecule has 4 rings (SSSR count). The third-order valence-electron chi connectivity index (χ3n) is 5.54. The van der Waals surface area contributed by atoms with Crippen LogP contribution in [0.15, 0.2) is 77.6 Å². The van der Waals surface area contributed by atoms with E-state index >= 15 is 0 Å². The number of esters is 1. The van der Waals surface area contributed by atoms with E-state index in [0.29, 0.717) is 46.2 Å². The summed E-state index contributed by atoms with van der Waals surface area (Å²) < 4.78 is 12.3. The van der Waals surface area contributed by atoms with E-state index in [9.17, 15) is 9.59 Å². The summed E-state index contributed by atoms with van der Waals surface area (Å²) in [6.07, 6.45) is 2.41. The van der Waals surface area contributed by atoms with Crippen molar-refractivity contribution in [2.75, 3.05) is 13.7 Å². The van der Waals surface area contributed by atoms with Gasteiger partial charge < -0.3 is 9.47 Å². The standard InChI is InChI=1S/C27H25ClN2O4/c1-33-27(32)22-10-4-6-12-24(22)34-18-8-2-7-17-30-25(19-13-15-20(28)16-14-19)29-23-11-5-3-9-21(23)26(30)31/h3-6,9-16H,2,7-8,17-18H2,1H3. The van der Waals surface area contributed by atoms with Crippen molar-refractivity contribution >= 4 is 28.5 Å². The van der Waals surface area contributed by atoms with Gasteiger partial charge in [0, 0.05) is 17.1 Å². The van der Waals surface area contributed by atoms with Crippen LogP contribution in [0.2, 0.25) is 5.02 Å². The zero-order valence-electron chi connectivity index (χ0n) is 18.9. The van der Waals surface area contributed by atoms with Crippen LogP contribution in [0.25, 0.3) is 22.3 Å². The second-order valence-corrected chi connectivity index (χ2v) is 8.25. The molecule has 1 aromatic heterocycles. The molecule has 0 saturated carbocycles. The minimum absolute atomic E-state index is 0.0567. The highest BCUT2D eigenvalue weighted by Gasteiger charge is 2.14. The van der Waals surface area contributed by atoms with Crippen LogP contribution in [0.3, 0.4) is 0 Å². The van der Waals surface area contributed by atoms with Gasteiger partial charge in [0.15, 0.2) is 0 Å². The number of methoxy groups -OCH3 is 1. The zero-order chi connectivity index (χ0) is 23.9. The van der Waals surface area contributed by atoms with Crippen molar-refractivity contribution in [3.05, 3.63) is 93.7 Å². The van der Waals surface area contributed by atoms with Crippen LogP contribution < -0.4 is 10.3 Å². The number of fused-ring (bicyclic) bond motifs is 1. The Morgan fingerprint density at radius 3 is 2.47 bits per heavy atom. The third-order valence-corrected chi connectivity index (χ3v) is 5.79. The van der Waals surface area contributed by atoms with E-state index in [1.165, 1.54) is 7.11 Å². The Hall–Kier alpha value is -3.64. The fraction of sp³-hybridized carbons (Fsp3) is 0.222. The fourth-order valence-corrected chi connectivity index (χ4v) is 3.92. The Bertz CT molecular complexity index is 1350. The van der Waals surface area contributed by atoms with Crippen molar-refractivity contribution in [1.82, 2.24) is 9.55 Å². The lowest BCUT2D eigenvalue weighted by Gasteiger charge is -2.14. The minimum Gasteiger partial charge on any atom is -0.493 e. The van der Waals surface area contributed by atoms with Gasteiger partial charge in [0.05, 0.1) is 24.6 Å². The molecule has 34 heavy (non-hydrogen) atoms. The molecule has 0 N–H and O–H groups in total. The maximum Gasteiger partial charge on any atom is 0.341 e. The summed E-state index contributed by atoms with van der Waals surface area (Å²) in [6, 6.07) is 21.8. The third kappa shape index (κ3) is 5.29. The highest BCUT2D eigenvalue weighted by Crippen LogP contribution is 2.22. The number of unbranched alkanes of at least 4 members (excludes halogenated alkanes) is 2. The number of carbonyl (C=O) groups is 1. The van der Waals surface area contributed by atoms with Gasteiger partial charge >= 0.3 is 5.97 Å². The summed E-state index contributed by atoms with van der Waals surface area (Å²) >= 11 is 6.05. The van der Waals surface area contributed by atoms with Gasteiger partial charge in [0.1, 0.15) is 17.1 Å². The molecule has 3 aromatic carbocycles. The van der Waals surface area contributed by atoms with E-state index < -0.39 is 5.97 Å². The Kier molecular flexibility index (Phi) is 7.60. The average Bonchev–Trinajstić information content (AvgIpc) is 2.87. The smallest absolute Gasteiger partial charge is 0.341 e. The second-order valence-electron chi connectivity index (χ2n) is 7.81. The first-order chi connectivity index (χ1) is 16.6. The minimum atomic E-state index is -0.423. The fourth-order valence-electron chi connectivity index (χ4n) is 3.80. The lowest BCUT2D eigenvalue weighted by Crippen LogP contribution is -2.23. The van der Waals surface area contributed by atoms with Gasteiger partial charge in [0.25, 0.3) is 5.56 Å². The van der Waals surface area contributed by atoms with Crippen LogP contribution in [0, 0.1) is 0 Å². The van der Waals surface area contributed by atoms with Crippen LogP contribution in [-0.4, -0.2) is 29.2 Å². The van der Waals surface area contributed by atoms with Crippen LogP contribution in [-0.2, 0) is 11.3 Å². The van der Waals surface area contributed by atoms with Gasteiger partial charge in [-0.25, -0.2) is 9.78 Å². The SMILES string of the molecule is COC(=O)c1ccccc1OCCCCCn1c(-c2ccc(Cl)cc2)nc2ccccc2c1=O. The predicted octanol–water partition coefficient (Wildman–Crippen LogP) is 5.75. The molecule has 0 aliphatic carbocycles. The molecule has 0 radical (unpaired) electrons. The Labute approximate surface area is 202 Å². The summed E-state index contributed by atoms with van der Waals surface area (Å²) in [5, 5.41) is 1.23. The molecule has 0 spiro atoms. The number of halogens is 1. The normalized spacial score (nSPS) is 10.9. The lowest BCUT2D eigenvalue weighted by molar-refractivity contribution is 0.0596. The summed E-state index contributed by atoms with van der Waals surface area (Å²) in [4.78, 5) is 29.9. The van der Waals surface area contributed by atoms with E-state index in [2.05, 4.69) is 0 Å². The van der Waals surface area contributed by atoms with Crippen LogP contribution in [0.4, 0.5) is 0 Å². The molecule has 0 aliphatic rings. The molecule has 0 unspecified atom stereocenters. The Morgan fingerprint density at radius 2 is 1.68 bits per heavy atom. The molecule has 4 aromatic rings. The average molecular weight is 477 g/mol. The molecule has 0 fully saturated rings. The summed E-state index contributed by atoms with van der Waals surface area (Å²) in [5.74, 6) is 0.714. The summed E-state index contributed by atoms with van der Waals surface area (Å²) in [6.45, 7) is 0.996. The van der Waals surface area contributed by atoms with Gasteiger partial charge in [-0.05, 0) is 67.8 Å². The summed E-state index contributed by atoms with van der Waals surface area (Å²) in [7, 11) is 1.35. The van der Waals surface area contributed by atoms with Gasteiger partial charge in [-0.2, -0.15) is 0 Å². The van der Waals surface area contributed by atoms with Gasteiger partial charge in [-0.3, -0.25) is 9.36 Å². The van der Waals surface area contributed by atoms with Crippen molar-refractivity contribution in [2.45, 2.75) is 25.8 Å². The van der Waals surface area contributed by atoms with Crippen molar-refractivity contribution in [2.24, 2.45) is 0 Å². The van der Waals surface area contributed by atoms with Crippen molar-refractivity contribution in [3.8, 4) is 17.1 Å². The van der Waals surface area contributed by atoms with E-state index in [-0.39, 0.29) is 5.56 Å². The van der Waals surface area contributed by atoms with E-state index in [1.807, 2.05) is 36.4 Å². The number of ether oxygens (including phenoxy) is 2. The predicted molar refractivity (Wildman–Crippen MR) is 134 cm³/mol. The molecule has 1 heterocycles. The molecular weight excluding hydrogens is 452 g/mol. The van der Waals surface area contributed by atoms with Crippen LogP contribution in [0.5, 0.6) is 5.75 Å². The molecule has 6 nitrogen and oxygen atoms in total. The number of carbonyl (C=O) groups excluding carboxylic acids is 1. The molecule has 7 heteroatoms. The van der Waals surface area contributed by atoms with Gasteiger partial charge in [-0.1, -0.05) is 35.9 Å². The van der Waals surface area contributed by atoms with Crippen molar-refractivity contribution in [1.29, 1.82) is 0 Å². The molecule has 0 bridgehead atoms. The maximum atomic E-state index is 13.3. The number of aromatic nitrogens is 2. The van der Waals surface area contributed by atoms with E-state index in [4.69, 9.17) is 26.1 Å². The summed E-state index contributed by atoms with van der Waals surface area (Å²) in [5.41, 5.74) is 1.87. The van der Waals surface area contributed by atoms with Crippen molar-refractivity contribution in [3.63, 3.8) is 0 Å². The highest BCUT2D eigenvalue weighted by atomic mass is 35.5. The van der Waals surface area contributed by atoms with E-state index in [0.717, 1.165) is 24.8 Å². The quantitative estimate of drug-likeness (QED) is 0.227. The number of para-hydroxylation sites is 2. The largest absolute Gasteiger partial charge is 0.493 e. The molecule has 174 valence electrons. The second kappa shape index (κ2) is 11.0. The number of hydrogen-bond donors (Lipinski definition) is 0. The number of rotatable bonds is 9. The number of benzene rings is 3. The van der Waals surface area contributed by atoms with Crippen LogP contribution >= 0.6 is 11.6 Å². The van der Waals surface area contributed by atoms with E-state index in [1.54, 1.807) is 41.0 Å². The van der Waals surface area contributed by atoms with Crippen molar-refractivity contribution < 1.29 is 14.3 Å². The Morgan fingerprint density at radius 1 is 0.941 bits per heavy atom. The molecule has 0 saturated heterocycles. The van der Waals surface area contributed by atoms with Crippen LogP contribution in [0.1, 0.15) is 29.6 Å². The number of hydrogen-bond acceptors (Lipinski definition) is 5. The topological polar surface area (TPSA) is 70.4 Å². The molecule has 0 atom stereocenters. The van der Waals surface area contributed by atoms with Gasteiger partial charge in [-0.15, -0.1) is 0 Å². The molecule has 0 amide bonds. The zero-order valence-corrected chi connectivity index (χ0v) is 19.6. The maximum absolute atomic E-state index is 13.3. The first-order valence-electron chi connectivity index (χ1n) is 11.1. The molecular formula is C27H25ClN2O4. The lowest BCUT2D eigenvalue weighted by atomic mass is 10.1. The first-order valence-corrected chi connectivity index (χ1v) is 11.5. The monoisotopic (exact) mass is 476 g/mol. The first kappa shape index (κ1) is 23.5. The molecule has 0 aliphatic heterocycles. The highest BCUT2D eigenvalue weighted by molar-refractivity contribution is 6.30. The van der Waals surface area contributed by atoms with Gasteiger partial charge in [0.2, 0.25) is 0 Å². The Balaban J connectivity index is 1.44.